The van der Waals surface area contributed by atoms with Crippen LogP contribution in [0.4, 0.5) is 0 Å². The van der Waals surface area contributed by atoms with Gasteiger partial charge in [-0.05, 0) is 20.4 Å². The van der Waals surface area contributed by atoms with E-state index in [1.807, 2.05) is 20.9 Å². The van der Waals surface area contributed by atoms with E-state index in [4.69, 9.17) is 0 Å². The average Bonchev–Trinajstić information content (AvgIpc) is 2.47. The molecule has 1 aromatic heterocycles. The van der Waals surface area contributed by atoms with Gasteiger partial charge in [-0.15, -0.1) is 11.3 Å². The summed E-state index contributed by atoms with van der Waals surface area (Å²) in [6.45, 7) is 4.77. The van der Waals surface area contributed by atoms with Gasteiger partial charge in [-0.25, -0.2) is 4.98 Å². The zero-order valence-electron chi connectivity index (χ0n) is 8.29. The fraction of sp³-hybridized carbons (Fsp3) is 0.667. The van der Waals surface area contributed by atoms with Crippen molar-refractivity contribution >= 4 is 11.3 Å². The first-order valence-corrected chi connectivity index (χ1v) is 5.29. The monoisotopic (exact) mass is 200 g/mol. The molecule has 4 heteroatoms. The lowest BCUT2D eigenvalue weighted by atomic mass is 10.3. The van der Waals surface area contributed by atoms with Crippen molar-refractivity contribution in [2.24, 2.45) is 0 Å². The highest BCUT2D eigenvalue weighted by molar-refractivity contribution is 7.11. The largest absolute Gasteiger partial charge is 0.386 e. The Morgan fingerprint density at radius 1 is 1.62 bits per heavy atom. The maximum Gasteiger partial charge on any atom is 0.122 e. The van der Waals surface area contributed by atoms with Crippen molar-refractivity contribution < 1.29 is 5.11 Å². The first-order chi connectivity index (χ1) is 6.19. The third kappa shape index (κ3) is 2.49. The van der Waals surface area contributed by atoms with Crippen LogP contribution < -0.4 is 5.32 Å². The Labute approximate surface area is 82.8 Å². The molecular formula is C9H16N2OS. The summed E-state index contributed by atoms with van der Waals surface area (Å²) in [4.78, 5) is 5.54. The van der Waals surface area contributed by atoms with E-state index in [1.165, 1.54) is 4.88 Å². The molecule has 1 rings (SSSR count). The highest BCUT2D eigenvalue weighted by atomic mass is 32.1. The van der Waals surface area contributed by atoms with Crippen LogP contribution in [0.5, 0.6) is 0 Å². The van der Waals surface area contributed by atoms with E-state index in [-0.39, 0.29) is 0 Å². The van der Waals surface area contributed by atoms with E-state index in [9.17, 15) is 5.11 Å². The molecule has 0 spiro atoms. The molecule has 0 aromatic carbocycles. The summed E-state index contributed by atoms with van der Waals surface area (Å²) < 4.78 is 0. The van der Waals surface area contributed by atoms with Gasteiger partial charge in [-0.3, -0.25) is 0 Å². The van der Waals surface area contributed by atoms with Crippen LogP contribution in [0.1, 0.15) is 35.0 Å². The fourth-order valence-corrected chi connectivity index (χ4v) is 2.24. The number of aliphatic hydroxyl groups excluding tert-OH is 1. The molecular weight excluding hydrogens is 184 g/mol. The fourth-order valence-electron chi connectivity index (χ4n) is 1.09. The number of hydrogen-bond donors (Lipinski definition) is 2. The van der Waals surface area contributed by atoms with Crippen molar-refractivity contribution in [2.45, 2.75) is 32.9 Å². The molecule has 0 bridgehead atoms. The van der Waals surface area contributed by atoms with Crippen LogP contribution in [-0.4, -0.2) is 17.1 Å². The summed E-state index contributed by atoms with van der Waals surface area (Å²) in [7, 11) is 1.91. The predicted octanol–water partition coefficient (Wildman–Crippen LogP) is 1.61. The molecule has 1 aromatic rings. The molecule has 1 atom stereocenters. The van der Waals surface area contributed by atoms with Crippen molar-refractivity contribution in [1.29, 1.82) is 0 Å². The molecule has 1 heterocycles. The van der Waals surface area contributed by atoms with E-state index in [1.54, 1.807) is 11.3 Å². The van der Waals surface area contributed by atoms with Crippen LogP contribution in [0, 0.1) is 6.92 Å². The van der Waals surface area contributed by atoms with Gasteiger partial charge < -0.3 is 10.4 Å². The summed E-state index contributed by atoms with van der Waals surface area (Å²) in [5, 5.41) is 13.5. The number of nitrogens with one attached hydrogen (secondary N) is 1. The number of aromatic nitrogens is 1. The van der Waals surface area contributed by atoms with Crippen molar-refractivity contribution in [1.82, 2.24) is 10.3 Å². The standard InChI is InChI=1S/C9H16N2OS/c1-4-7(12)9-11-6(2)8(13-9)5-10-3/h7,10,12H,4-5H2,1-3H3. The first-order valence-electron chi connectivity index (χ1n) is 4.47. The summed E-state index contributed by atoms with van der Waals surface area (Å²) in [5.74, 6) is 0. The SMILES string of the molecule is CCC(O)c1nc(C)c(CNC)s1. The lowest BCUT2D eigenvalue weighted by molar-refractivity contribution is 0.173. The van der Waals surface area contributed by atoms with Gasteiger partial charge in [0.2, 0.25) is 0 Å². The molecule has 0 aliphatic carbocycles. The minimum Gasteiger partial charge on any atom is -0.386 e. The second kappa shape index (κ2) is 4.69. The molecule has 2 N–H and O–H groups in total. The molecule has 1 unspecified atom stereocenters. The zero-order chi connectivity index (χ0) is 9.84. The van der Waals surface area contributed by atoms with Gasteiger partial charge in [0.15, 0.2) is 0 Å². The van der Waals surface area contributed by atoms with E-state index >= 15 is 0 Å². The van der Waals surface area contributed by atoms with E-state index in [0.29, 0.717) is 0 Å². The van der Waals surface area contributed by atoms with Crippen LogP contribution >= 0.6 is 11.3 Å². The van der Waals surface area contributed by atoms with E-state index in [2.05, 4.69) is 10.3 Å². The highest BCUT2D eigenvalue weighted by Gasteiger charge is 2.12. The van der Waals surface area contributed by atoms with Gasteiger partial charge in [0.25, 0.3) is 0 Å². The molecule has 0 fully saturated rings. The minimum absolute atomic E-state index is 0.394. The second-order valence-electron chi connectivity index (χ2n) is 3.02. The van der Waals surface area contributed by atoms with Crippen LogP contribution in [0.15, 0.2) is 0 Å². The number of aliphatic hydroxyl groups is 1. The normalized spacial score (nSPS) is 13.2. The van der Waals surface area contributed by atoms with Crippen molar-refractivity contribution in [2.75, 3.05) is 7.05 Å². The van der Waals surface area contributed by atoms with Gasteiger partial charge in [0.05, 0.1) is 5.69 Å². The summed E-state index contributed by atoms with van der Waals surface area (Å²) in [6.07, 6.45) is 0.334. The van der Waals surface area contributed by atoms with Crippen molar-refractivity contribution in [3.05, 3.63) is 15.6 Å². The maximum absolute atomic E-state index is 9.56. The van der Waals surface area contributed by atoms with Crippen LogP contribution in [0.2, 0.25) is 0 Å². The first kappa shape index (κ1) is 10.6. The lowest BCUT2D eigenvalue weighted by Crippen LogP contribution is -2.04. The molecule has 0 radical (unpaired) electrons. The topological polar surface area (TPSA) is 45.2 Å². The number of thiazole rings is 1. The Balaban J connectivity index is 2.81. The smallest absolute Gasteiger partial charge is 0.122 e. The molecule has 74 valence electrons. The third-order valence-corrected chi connectivity index (χ3v) is 3.18. The van der Waals surface area contributed by atoms with Crippen molar-refractivity contribution in [3.8, 4) is 0 Å². The number of nitrogens with zero attached hydrogens (tertiary/aromatic N) is 1. The second-order valence-corrected chi connectivity index (χ2v) is 4.13. The van der Waals surface area contributed by atoms with Gasteiger partial charge in [-0.1, -0.05) is 6.92 Å². The number of hydrogen-bond acceptors (Lipinski definition) is 4. The Morgan fingerprint density at radius 2 is 2.31 bits per heavy atom. The number of aryl methyl sites for hydroxylation is 1. The Morgan fingerprint density at radius 3 is 2.85 bits per heavy atom. The van der Waals surface area contributed by atoms with E-state index in [0.717, 1.165) is 23.7 Å². The molecule has 0 saturated carbocycles. The highest BCUT2D eigenvalue weighted by Crippen LogP contribution is 2.24. The van der Waals surface area contributed by atoms with Crippen molar-refractivity contribution in [3.63, 3.8) is 0 Å². The molecule has 3 nitrogen and oxygen atoms in total. The lowest BCUT2D eigenvalue weighted by Gasteiger charge is -2.00. The van der Waals surface area contributed by atoms with E-state index < -0.39 is 6.10 Å². The molecule has 0 aliphatic heterocycles. The van der Waals surface area contributed by atoms with Crippen LogP contribution in [0.25, 0.3) is 0 Å². The summed E-state index contributed by atoms with van der Waals surface area (Å²) in [6, 6.07) is 0. The van der Waals surface area contributed by atoms with Crippen LogP contribution in [0.3, 0.4) is 0 Å². The predicted molar refractivity (Wildman–Crippen MR) is 54.9 cm³/mol. The quantitative estimate of drug-likeness (QED) is 0.776. The van der Waals surface area contributed by atoms with Gasteiger partial charge >= 0.3 is 0 Å². The summed E-state index contributed by atoms with van der Waals surface area (Å²) >= 11 is 1.59. The van der Waals surface area contributed by atoms with Gasteiger partial charge in [0, 0.05) is 11.4 Å². The zero-order valence-corrected chi connectivity index (χ0v) is 9.11. The Kier molecular flexibility index (Phi) is 3.84. The Bertz CT molecular complexity index is 273. The molecule has 0 amide bonds. The average molecular weight is 200 g/mol. The number of rotatable bonds is 4. The maximum atomic E-state index is 9.56. The minimum atomic E-state index is -0.394. The molecule has 0 saturated heterocycles. The van der Waals surface area contributed by atoms with Gasteiger partial charge in [-0.2, -0.15) is 0 Å². The molecule has 13 heavy (non-hydrogen) atoms. The van der Waals surface area contributed by atoms with Crippen LogP contribution in [-0.2, 0) is 6.54 Å². The molecule has 0 aliphatic rings. The Hall–Kier alpha value is -0.450. The third-order valence-electron chi connectivity index (χ3n) is 1.92. The van der Waals surface area contributed by atoms with Gasteiger partial charge in [0.1, 0.15) is 11.1 Å². The summed E-state index contributed by atoms with van der Waals surface area (Å²) in [5.41, 5.74) is 1.03.